The number of rotatable bonds is 6. The monoisotopic (exact) mass is 414 g/mol. The van der Waals surface area contributed by atoms with Gasteiger partial charge in [0.15, 0.2) is 6.10 Å². The molecule has 1 saturated carbocycles. The summed E-state index contributed by atoms with van der Waals surface area (Å²) >= 11 is 6.10. The Morgan fingerprint density at radius 2 is 1.72 bits per heavy atom. The SMILES string of the molecule is C[C@@H](Oc1ccccc1Cl)C(=O)Nc1ccccc1C(=O)N(C)C1CCCCC1. The molecule has 6 heteroatoms. The van der Waals surface area contributed by atoms with Crippen LogP contribution < -0.4 is 10.1 Å². The van der Waals surface area contributed by atoms with Gasteiger partial charge in [-0.3, -0.25) is 9.59 Å². The van der Waals surface area contributed by atoms with Crippen molar-refractivity contribution in [3.8, 4) is 5.75 Å². The fourth-order valence-corrected chi connectivity index (χ4v) is 3.80. The van der Waals surface area contributed by atoms with E-state index in [9.17, 15) is 9.59 Å². The van der Waals surface area contributed by atoms with Crippen molar-refractivity contribution < 1.29 is 14.3 Å². The molecule has 1 aliphatic rings. The smallest absolute Gasteiger partial charge is 0.265 e. The van der Waals surface area contributed by atoms with Gasteiger partial charge in [-0.25, -0.2) is 0 Å². The van der Waals surface area contributed by atoms with Crippen LogP contribution in [0.5, 0.6) is 5.75 Å². The number of nitrogens with one attached hydrogen (secondary N) is 1. The third-order valence-corrected chi connectivity index (χ3v) is 5.68. The highest BCUT2D eigenvalue weighted by atomic mass is 35.5. The van der Waals surface area contributed by atoms with Crippen LogP contribution in [0.2, 0.25) is 5.02 Å². The molecule has 0 unspecified atom stereocenters. The summed E-state index contributed by atoms with van der Waals surface area (Å²) in [5.41, 5.74) is 0.971. The zero-order chi connectivity index (χ0) is 20.8. The van der Waals surface area contributed by atoms with Crippen molar-refractivity contribution in [3.05, 3.63) is 59.1 Å². The molecule has 2 aromatic rings. The minimum absolute atomic E-state index is 0.0764. The normalized spacial score (nSPS) is 15.4. The van der Waals surface area contributed by atoms with Crippen LogP contribution in [0.1, 0.15) is 49.4 Å². The van der Waals surface area contributed by atoms with Crippen molar-refractivity contribution >= 4 is 29.1 Å². The Hall–Kier alpha value is -2.53. The number of ether oxygens (including phenoxy) is 1. The summed E-state index contributed by atoms with van der Waals surface area (Å²) < 4.78 is 5.68. The maximum Gasteiger partial charge on any atom is 0.265 e. The first-order valence-electron chi connectivity index (χ1n) is 10.1. The number of hydrogen-bond acceptors (Lipinski definition) is 3. The van der Waals surface area contributed by atoms with Gasteiger partial charge in [-0.2, -0.15) is 0 Å². The molecule has 1 atom stereocenters. The Kier molecular flexibility index (Phi) is 7.15. The minimum atomic E-state index is -0.769. The van der Waals surface area contributed by atoms with E-state index in [1.54, 1.807) is 55.5 Å². The Labute approximate surface area is 177 Å². The number of amides is 2. The van der Waals surface area contributed by atoms with Gasteiger partial charge in [0.1, 0.15) is 5.75 Å². The molecule has 154 valence electrons. The van der Waals surface area contributed by atoms with E-state index in [0.717, 1.165) is 25.7 Å². The van der Waals surface area contributed by atoms with E-state index in [4.69, 9.17) is 16.3 Å². The zero-order valence-electron chi connectivity index (χ0n) is 16.9. The lowest BCUT2D eigenvalue weighted by Crippen LogP contribution is -2.39. The van der Waals surface area contributed by atoms with Gasteiger partial charge in [0.05, 0.1) is 16.3 Å². The number of hydrogen-bond donors (Lipinski definition) is 1. The Morgan fingerprint density at radius 1 is 1.07 bits per heavy atom. The highest BCUT2D eigenvalue weighted by Crippen LogP contribution is 2.26. The van der Waals surface area contributed by atoms with Crippen molar-refractivity contribution in [2.24, 2.45) is 0 Å². The Bertz CT molecular complexity index is 865. The van der Waals surface area contributed by atoms with Crippen LogP contribution in [0.25, 0.3) is 0 Å². The van der Waals surface area contributed by atoms with Crippen molar-refractivity contribution in [2.75, 3.05) is 12.4 Å². The molecular formula is C23H27ClN2O3. The van der Waals surface area contributed by atoms with Crippen LogP contribution in [0.15, 0.2) is 48.5 Å². The zero-order valence-corrected chi connectivity index (χ0v) is 17.6. The fraction of sp³-hybridized carbons (Fsp3) is 0.391. The lowest BCUT2D eigenvalue weighted by Gasteiger charge is -2.31. The first-order valence-corrected chi connectivity index (χ1v) is 10.4. The van der Waals surface area contributed by atoms with Gasteiger partial charge in [0.2, 0.25) is 0 Å². The van der Waals surface area contributed by atoms with Crippen LogP contribution in [0, 0.1) is 0 Å². The van der Waals surface area contributed by atoms with Crippen molar-refractivity contribution in [1.29, 1.82) is 0 Å². The first-order chi connectivity index (χ1) is 14.0. The van der Waals surface area contributed by atoms with E-state index in [1.807, 2.05) is 11.9 Å². The van der Waals surface area contributed by atoms with Crippen molar-refractivity contribution in [2.45, 2.75) is 51.2 Å². The molecule has 0 aliphatic heterocycles. The second-order valence-electron chi connectivity index (χ2n) is 7.43. The number of para-hydroxylation sites is 2. The second-order valence-corrected chi connectivity index (χ2v) is 7.84. The average molecular weight is 415 g/mol. The summed E-state index contributed by atoms with van der Waals surface area (Å²) in [7, 11) is 1.85. The van der Waals surface area contributed by atoms with Gasteiger partial charge < -0.3 is 15.0 Å². The highest BCUT2D eigenvalue weighted by molar-refractivity contribution is 6.32. The molecule has 1 fully saturated rings. The van der Waals surface area contributed by atoms with Gasteiger partial charge in [-0.1, -0.05) is 55.1 Å². The maximum atomic E-state index is 13.1. The minimum Gasteiger partial charge on any atom is -0.479 e. The highest BCUT2D eigenvalue weighted by Gasteiger charge is 2.25. The van der Waals surface area contributed by atoms with Gasteiger partial charge in [0.25, 0.3) is 11.8 Å². The van der Waals surface area contributed by atoms with Gasteiger partial charge >= 0.3 is 0 Å². The molecule has 3 rings (SSSR count). The standard InChI is InChI=1S/C23H27ClN2O3/c1-16(29-21-15-9-7-13-19(21)24)22(27)25-20-14-8-6-12-18(20)23(28)26(2)17-10-4-3-5-11-17/h6-9,12-17H,3-5,10-11H2,1-2H3,(H,25,27)/t16-/m1/s1. The molecule has 1 N–H and O–H groups in total. The summed E-state index contributed by atoms with van der Waals surface area (Å²) in [5.74, 6) is 0.0242. The molecule has 2 aromatic carbocycles. The van der Waals surface area contributed by atoms with E-state index in [0.29, 0.717) is 22.0 Å². The lowest BCUT2D eigenvalue weighted by molar-refractivity contribution is -0.122. The van der Waals surface area contributed by atoms with E-state index in [1.165, 1.54) is 6.42 Å². The van der Waals surface area contributed by atoms with Crippen molar-refractivity contribution in [3.63, 3.8) is 0 Å². The number of benzene rings is 2. The molecule has 0 spiro atoms. The molecule has 0 bridgehead atoms. The summed E-state index contributed by atoms with van der Waals surface area (Å²) in [6, 6.07) is 14.3. The Morgan fingerprint density at radius 3 is 2.45 bits per heavy atom. The number of halogens is 1. The van der Waals surface area contributed by atoms with E-state index < -0.39 is 6.10 Å². The van der Waals surface area contributed by atoms with Gasteiger partial charge in [-0.15, -0.1) is 0 Å². The van der Waals surface area contributed by atoms with Crippen LogP contribution in [-0.4, -0.2) is 35.9 Å². The largest absolute Gasteiger partial charge is 0.479 e. The number of carbonyl (C=O) groups is 2. The predicted octanol–water partition coefficient (Wildman–Crippen LogP) is 5.15. The molecule has 0 radical (unpaired) electrons. The fourth-order valence-electron chi connectivity index (χ4n) is 3.62. The quantitative estimate of drug-likeness (QED) is 0.711. The van der Waals surface area contributed by atoms with E-state index in [-0.39, 0.29) is 17.9 Å². The molecule has 5 nitrogen and oxygen atoms in total. The summed E-state index contributed by atoms with van der Waals surface area (Å²) in [4.78, 5) is 27.6. The molecule has 0 heterocycles. The maximum absolute atomic E-state index is 13.1. The number of anilines is 1. The van der Waals surface area contributed by atoms with Gasteiger partial charge in [-0.05, 0) is 44.0 Å². The predicted molar refractivity (Wildman–Crippen MR) is 116 cm³/mol. The summed E-state index contributed by atoms with van der Waals surface area (Å²) in [6.07, 6.45) is 4.82. The van der Waals surface area contributed by atoms with Crippen LogP contribution >= 0.6 is 11.6 Å². The third kappa shape index (κ3) is 5.30. The molecule has 1 aliphatic carbocycles. The Balaban J connectivity index is 1.70. The molecule has 2 amide bonds. The second kappa shape index (κ2) is 9.79. The summed E-state index contributed by atoms with van der Waals surface area (Å²) in [5, 5.41) is 3.28. The molecule has 0 aromatic heterocycles. The van der Waals surface area contributed by atoms with Crippen LogP contribution in [-0.2, 0) is 4.79 Å². The van der Waals surface area contributed by atoms with E-state index >= 15 is 0 Å². The first kappa shape index (κ1) is 21.2. The van der Waals surface area contributed by atoms with Crippen LogP contribution in [0.4, 0.5) is 5.69 Å². The van der Waals surface area contributed by atoms with Crippen molar-refractivity contribution in [1.82, 2.24) is 4.90 Å². The average Bonchev–Trinajstić information content (AvgIpc) is 2.75. The van der Waals surface area contributed by atoms with Gasteiger partial charge in [0, 0.05) is 13.1 Å². The third-order valence-electron chi connectivity index (χ3n) is 5.37. The molecular weight excluding hydrogens is 388 g/mol. The molecule has 0 saturated heterocycles. The van der Waals surface area contributed by atoms with E-state index in [2.05, 4.69) is 5.32 Å². The lowest BCUT2D eigenvalue weighted by atomic mass is 9.94. The number of nitrogens with zero attached hydrogens (tertiary/aromatic N) is 1. The summed E-state index contributed by atoms with van der Waals surface area (Å²) in [6.45, 7) is 1.65. The topological polar surface area (TPSA) is 58.6 Å². The molecule has 29 heavy (non-hydrogen) atoms. The van der Waals surface area contributed by atoms with Crippen LogP contribution in [0.3, 0.4) is 0 Å². The number of carbonyl (C=O) groups excluding carboxylic acids is 2.